The average molecular weight is 394 g/mol. The first-order valence-electron chi connectivity index (χ1n) is 9.52. The molecule has 2 N–H and O–H groups in total. The lowest BCUT2D eigenvalue weighted by Gasteiger charge is -2.32. The van der Waals surface area contributed by atoms with Gasteiger partial charge in [-0.1, -0.05) is 36.4 Å². The molecule has 3 aromatic rings. The molecule has 0 atom stereocenters. The summed E-state index contributed by atoms with van der Waals surface area (Å²) >= 11 is 1.54. The molecular weight excluding hydrogens is 370 g/mol. The molecule has 3 amide bonds. The van der Waals surface area contributed by atoms with E-state index in [1.165, 1.54) is 0 Å². The van der Waals surface area contributed by atoms with E-state index in [2.05, 4.69) is 16.7 Å². The predicted octanol–water partition coefficient (Wildman–Crippen LogP) is 4.64. The number of amides is 3. The van der Waals surface area contributed by atoms with E-state index >= 15 is 0 Å². The quantitative estimate of drug-likeness (QED) is 0.681. The van der Waals surface area contributed by atoms with E-state index in [4.69, 9.17) is 0 Å². The van der Waals surface area contributed by atoms with Gasteiger partial charge in [-0.3, -0.25) is 4.79 Å². The van der Waals surface area contributed by atoms with Crippen LogP contribution in [0.15, 0.2) is 54.6 Å². The minimum atomic E-state index is -0.0867. The molecule has 0 saturated carbocycles. The maximum absolute atomic E-state index is 12.8. The van der Waals surface area contributed by atoms with Crippen LogP contribution in [0, 0.1) is 6.92 Å². The van der Waals surface area contributed by atoms with Gasteiger partial charge in [-0.25, -0.2) is 4.79 Å². The number of thiophene rings is 1. The highest BCUT2D eigenvalue weighted by atomic mass is 32.1. The van der Waals surface area contributed by atoms with Crippen molar-refractivity contribution in [3.05, 3.63) is 65.0 Å². The van der Waals surface area contributed by atoms with Crippen molar-refractivity contribution in [1.29, 1.82) is 0 Å². The fourth-order valence-electron chi connectivity index (χ4n) is 3.59. The van der Waals surface area contributed by atoms with Gasteiger partial charge in [0.05, 0.1) is 4.88 Å². The van der Waals surface area contributed by atoms with Gasteiger partial charge >= 0.3 is 6.03 Å². The highest BCUT2D eigenvalue weighted by molar-refractivity contribution is 7.21. The molecule has 0 spiro atoms. The average Bonchev–Trinajstić information content (AvgIpc) is 3.06. The Morgan fingerprint density at radius 2 is 1.68 bits per heavy atom. The van der Waals surface area contributed by atoms with Crippen LogP contribution >= 0.6 is 11.3 Å². The lowest BCUT2D eigenvalue weighted by molar-refractivity contribution is 0.0923. The summed E-state index contributed by atoms with van der Waals surface area (Å²) in [7, 11) is 0. The Balaban J connectivity index is 1.33. The number of para-hydroxylation sites is 1. The number of carbonyl (C=O) groups is 2. The Morgan fingerprint density at radius 3 is 2.39 bits per heavy atom. The number of rotatable bonds is 3. The molecule has 1 aliphatic rings. The van der Waals surface area contributed by atoms with Crippen molar-refractivity contribution in [2.24, 2.45) is 0 Å². The van der Waals surface area contributed by atoms with Gasteiger partial charge in [-0.2, -0.15) is 0 Å². The van der Waals surface area contributed by atoms with E-state index in [0.29, 0.717) is 13.1 Å². The van der Waals surface area contributed by atoms with Crippen LogP contribution < -0.4 is 10.6 Å². The number of anilines is 1. The van der Waals surface area contributed by atoms with Gasteiger partial charge < -0.3 is 15.5 Å². The number of nitrogens with one attached hydrogen (secondary N) is 2. The maximum atomic E-state index is 12.8. The number of carbonyl (C=O) groups excluding carboxylic acids is 2. The first-order chi connectivity index (χ1) is 13.6. The summed E-state index contributed by atoms with van der Waals surface area (Å²) in [4.78, 5) is 27.7. The zero-order valence-electron chi connectivity index (χ0n) is 15.8. The van der Waals surface area contributed by atoms with Crippen LogP contribution in [0.1, 0.15) is 28.1 Å². The highest BCUT2D eigenvalue weighted by Crippen LogP contribution is 2.30. The van der Waals surface area contributed by atoms with Crippen molar-refractivity contribution < 1.29 is 9.59 Å². The lowest BCUT2D eigenvalue weighted by atomic mass is 10.0. The third-order valence-corrected chi connectivity index (χ3v) is 6.46. The van der Waals surface area contributed by atoms with Crippen molar-refractivity contribution in [1.82, 2.24) is 10.2 Å². The summed E-state index contributed by atoms with van der Waals surface area (Å²) in [6.45, 7) is 3.27. The Labute approximate surface area is 168 Å². The molecule has 144 valence electrons. The monoisotopic (exact) mass is 393 g/mol. The number of fused-ring (bicyclic) bond motifs is 1. The van der Waals surface area contributed by atoms with Crippen LogP contribution in [0.2, 0.25) is 0 Å². The third kappa shape index (κ3) is 3.87. The van der Waals surface area contributed by atoms with E-state index in [0.717, 1.165) is 39.1 Å². The molecule has 1 saturated heterocycles. The topological polar surface area (TPSA) is 61.4 Å². The number of aryl methyl sites for hydroxylation is 1. The van der Waals surface area contributed by atoms with Gasteiger partial charge in [0.25, 0.3) is 5.91 Å². The molecule has 6 heteroatoms. The molecule has 0 radical (unpaired) electrons. The molecule has 0 unspecified atom stereocenters. The number of hydrogen-bond acceptors (Lipinski definition) is 3. The van der Waals surface area contributed by atoms with Gasteiger partial charge in [0.2, 0.25) is 0 Å². The lowest BCUT2D eigenvalue weighted by Crippen LogP contribution is -2.47. The second-order valence-corrected chi connectivity index (χ2v) is 8.14. The number of piperidine rings is 1. The van der Waals surface area contributed by atoms with Gasteiger partial charge in [0.15, 0.2) is 0 Å². The van der Waals surface area contributed by atoms with E-state index in [9.17, 15) is 9.59 Å². The van der Waals surface area contributed by atoms with Gasteiger partial charge in [0, 0.05) is 29.5 Å². The Hall–Kier alpha value is -2.86. The second kappa shape index (κ2) is 8.02. The molecule has 28 heavy (non-hydrogen) atoms. The third-order valence-electron chi connectivity index (χ3n) is 5.19. The first-order valence-corrected chi connectivity index (χ1v) is 10.3. The summed E-state index contributed by atoms with van der Waals surface area (Å²) < 4.78 is 1.14. The van der Waals surface area contributed by atoms with Crippen LogP contribution in [0.5, 0.6) is 0 Å². The zero-order chi connectivity index (χ0) is 19.5. The fraction of sp³-hybridized carbons (Fsp3) is 0.273. The zero-order valence-corrected chi connectivity index (χ0v) is 16.6. The summed E-state index contributed by atoms with van der Waals surface area (Å²) in [6, 6.07) is 17.6. The van der Waals surface area contributed by atoms with E-state index < -0.39 is 0 Å². The summed E-state index contributed by atoms with van der Waals surface area (Å²) in [5, 5.41) is 7.22. The van der Waals surface area contributed by atoms with Crippen LogP contribution in [-0.2, 0) is 0 Å². The van der Waals surface area contributed by atoms with Gasteiger partial charge in [-0.05, 0) is 48.9 Å². The van der Waals surface area contributed by atoms with Gasteiger partial charge in [0.1, 0.15) is 0 Å². The number of hydrogen-bond donors (Lipinski definition) is 2. The molecular formula is C22H23N3O2S. The summed E-state index contributed by atoms with van der Waals surface area (Å²) in [6.07, 6.45) is 1.52. The smallest absolute Gasteiger partial charge is 0.321 e. The molecule has 1 fully saturated rings. The van der Waals surface area contributed by atoms with Crippen molar-refractivity contribution in [3.63, 3.8) is 0 Å². The van der Waals surface area contributed by atoms with Gasteiger partial charge in [-0.15, -0.1) is 11.3 Å². The van der Waals surface area contributed by atoms with Crippen molar-refractivity contribution in [2.45, 2.75) is 25.8 Å². The number of benzene rings is 2. The van der Waals surface area contributed by atoms with Crippen LogP contribution in [-0.4, -0.2) is 36.0 Å². The Morgan fingerprint density at radius 1 is 1.00 bits per heavy atom. The number of urea groups is 1. The minimum absolute atomic E-state index is 0.00844. The van der Waals surface area contributed by atoms with Crippen LogP contribution in [0.25, 0.3) is 10.1 Å². The fourth-order valence-corrected chi connectivity index (χ4v) is 4.71. The maximum Gasteiger partial charge on any atom is 0.321 e. The molecule has 1 aromatic heterocycles. The van der Waals surface area contributed by atoms with Crippen molar-refractivity contribution >= 4 is 39.0 Å². The van der Waals surface area contributed by atoms with E-state index in [1.807, 2.05) is 55.5 Å². The summed E-state index contributed by atoms with van der Waals surface area (Å²) in [5.74, 6) is -0.00844. The molecule has 2 aromatic carbocycles. The van der Waals surface area contributed by atoms with Crippen LogP contribution in [0.4, 0.5) is 10.5 Å². The largest absolute Gasteiger partial charge is 0.348 e. The Kier molecular flexibility index (Phi) is 5.30. The van der Waals surface area contributed by atoms with E-state index in [1.54, 1.807) is 16.2 Å². The Bertz CT molecular complexity index is 991. The molecule has 0 bridgehead atoms. The molecule has 2 heterocycles. The number of likely N-dealkylation sites (tertiary alicyclic amines) is 1. The highest BCUT2D eigenvalue weighted by Gasteiger charge is 2.25. The molecule has 5 nitrogen and oxygen atoms in total. The predicted molar refractivity (Wildman–Crippen MR) is 114 cm³/mol. The molecule has 4 rings (SSSR count). The second-order valence-electron chi connectivity index (χ2n) is 7.08. The molecule has 0 aliphatic carbocycles. The first kappa shape index (κ1) is 18.5. The normalized spacial score (nSPS) is 14.8. The van der Waals surface area contributed by atoms with Crippen molar-refractivity contribution in [2.75, 3.05) is 18.4 Å². The summed E-state index contributed by atoms with van der Waals surface area (Å²) in [5.41, 5.74) is 1.83. The standard InChI is InChI=1S/C22H23N3O2S/c1-15-18-9-5-6-10-19(18)28-20(15)21(26)23-17-11-13-25(14-12-17)22(27)24-16-7-3-2-4-8-16/h2-10,17H,11-14H2,1H3,(H,23,26)(H,24,27). The number of nitrogens with zero attached hydrogens (tertiary/aromatic N) is 1. The molecule has 1 aliphatic heterocycles. The minimum Gasteiger partial charge on any atom is -0.348 e. The SMILES string of the molecule is Cc1c(C(=O)NC2CCN(C(=O)Nc3ccccc3)CC2)sc2ccccc12. The van der Waals surface area contributed by atoms with E-state index in [-0.39, 0.29) is 18.0 Å². The van der Waals surface area contributed by atoms with Crippen LogP contribution in [0.3, 0.4) is 0 Å². The van der Waals surface area contributed by atoms with Crippen molar-refractivity contribution in [3.8, 4) is 0 Å².